The first-order valence-corrected chi connectivity index (χ1v) is 5.21. The van der Waals surface area contributed by atoms with E-state index in [-0.39, 0.29) is 10.0 Å². The van der Waals surface area contributed by atoms with Crippen LogP contribution in [0.25, 0.3) is 5.69 Å². The van der Waals surface area contributed by atoms with E-state index in [4.69, 9.17) is 28.9 Å². The first kappa shape index (κ1) is 11.2. The summed E-state index contributed by atoms with van der Waals surface area (Å²) in [7, 11) is 0. The van der Waals surface area contributed by atoms with Crippen LogP contribution in [0.15, 0.2) is 18.3 Å². The van der Waals surface area contributed by atoms with Crippen molar-refractivity contribution in [2.45, 2.75) is 6.92 Å². The van der Waals surface area contributed by atoms with Gasteiger partial charge in [-0.2, -0.15) is 5.10 Å². The van der Waals surface area contributed by atoms with Gasteiger partial charge in [0.15, 0.2) is 5.82 Å². The number of hydrogen-bond acceptors (Lipinski definition) is 2. The molecule has 0 unspecified atom stereocenters. The molecule has 0 spiro atoms. The van der Waals surface area contributed by atoms with Crippen LogP contribution in [0.4, 0.5) is 10.2 Å². The Morgan fingerprint density at radius 1 is 1.31 bits per heavy atom. The van der Waals surface area contributed by atoms with E-state index in [1.165, 1.54) is 16.8 Å². The number of benzene rings is 1. The number of halogens is 3. The second kappa shape index (κ2) is 3.96. The van der Waals surface area contributed by atoms with Gasteiger partial charge in [0.1, 0.15) is 5.82 Å². The van der Waals surface area contributed by atoms with Gasteiger partial charge in [0, 0.05) is 11.8 Å². The number of nitrogens with zero attached hydrogens (tertiary/aromatic N) is 2. The summed E-state index contributed by atoms with van der Waals surface area (Å²) < 4.78 is 14.7. The molecule has 0 atom stereocenters. The van der Waals surface area contributed by atoms with E-state index in [0.717, 1.165) is 5.56 Å². The molecule has 2 rings (SSSR count). The molecule has 6 heteroatoms. The van der Waals surface area contributed by atoms with Crippen LogP contribution in [0.5, 0.6) is 0 Å². The third-order valence-corrected chi connectivity index (χ3v) is 2.72. The molecule has 16 heavy (non-hydrogen) atoms. The average Bonchev–Trinajstić information content (AvgIpc) is 2.55. The maximum Gasteiger partial charge on any atom is 0.160 e. The SMILES string of the molecule is Cc1cn(-c2cc(Cl)c(F)c(Cl)c2)nc1N. The van der Waals surface area contributed by atoms with E-state index < -0.39 is 5.82 Å². The lowest BCUT2D eigenvalue weighted by atomic mass is 10.3. The Bertz CT molecular complexity index is 508. The van der Waals surface area contributed by atoms with Crippen molar-refractivity contribution in [2.75, 3.05) is 5.73 Å². The monoisotopic (exact) mass is 259 g/mol. The summed E-state index contributed by atoms with van der Waals surface area (Å²) in [5.74, 6) is -0.222. The molecule has 0 radical (unpaired) electrons. The quantitative estimate of drug-likeness (QED) is 0.800. The van der Waals surface area contributed by atoms with Crippen LogP contribution in [0.2, 0.25) is 10.0 Å². The molecule has 3 nitrogen and oxygen atoms in total. The minimum Gasteiger partial charge on any atom is -0.382 e. The standard InChI is InChI=1S/C10H8Cl2FN3/c1-5-4-16(15-10(5)14)6-2-7(11)9(13)8(12)3-6/h2-4H,1H3,(H2,14,15). The zero-order valence-corrected chi connectivity index (χ0v) is 9.85. The Labute approximate surface area is 102 Å². The number of rotatable bonds is 1. The van der Waals surface area contributed by atoms with Gasteiger partial charge in [0.25, 0.3) is 0 Å². The molecule has 0 fully saturated rings. The molecule has 2 aromatic rings. The van der Waals surface area contributed by atoms with Crippen LogP contribution in [0.3, 0.4) is 0 Å². The lowest BCUT2D eigenvalue weighted by Gasteiger charge is -2.04. The van der Waals surface area contributed by atoms with Gasteiger partial charge in [-0.3, -0.25) is 0 Å². The van der Waals surface area contributed by atoms with E-state index in [1.54, 1.807) is 6.20 Å². The summed E-state index contributed by atoms with van der Waals surface area (Å²) in [4.78, 5) is 0. The summed E-state index contributed by atoms with van der Waals surface area (Å²) in [5.41, 5.74) is 7.01. The van der Waals surface area contributed by atoms with Crippen molar-refractivity contribution in [1.29, 1.82) is 0 Å². The zero-order chi connectivity index (χ0) is 11.9. The predicted octanol–water partition coefficient (Wildman–Crippen LogP) is 3.21. The zero-order valence-electron chi connectivity index (χ0n) is 8.34. The fraction of sp³-hybridized carbons (Fsp3) is 0.100. The second-order valence-electron chi connectivity index (χ2n) is 3.37. The summed E-state index contributed by atoms with van der Waals surface area (Å²) in [5, 5.41) is 3.95. The molecule has 84 valence electrons. The van der Waals surface area contributed by atoms with Crippen LogP contribution in [0.1, 0.15) is 5.56 Å². The molecule has 0 aliphatic heterocycles. The smallest absolute Gasteiger partial charge is 0.160 e. The third kappa shape index (κ3) is 1.86. The number of aromatic nitrogens is 2. The molecule has 1 heterocycles. The Hall–Kier alpha value is -1.26. The highest BCUT2D eigenvalue weighted by molar-refractivity contribution is 6.35. The van der Waals surface area contributed by atoms with Crippen molar-refractivity contribution in [3.8, 4) is 5.69 Å². The van der Waals surface area contributed by atoms with E-state index >= 15 is 0 Å². The van der Waals surface area contributed by atoms with E-state index in [1.807, 2.05) is 6.92 Å². The highest BCUT2D eigenvalue weighted by Crippen LogP contribution is 2.26. The third-order valence-electron chi connectivity index (χ3n) is 2.17. The van der Waals surface area contributed by atoms with Gasteiger partial charge in [0.2, 0.25) is 0 Å². The van der Waals surface area contributed by atoms with Crippen molar-refractivity contribution in [2.24, 2.45) is 0 Å². The van der Waals surface area contributed by atoms with Crippen molar-refractivity contribution in [1.82, 2.24) is 9.78 Å². The van der Waals surface area contributed by atoms with Crippen LogP contribution in [-0.4, -0.2) is 9.78 Å². The molecule has 0 bridgehead atoms. The minimum atomic E-state index is -0.635. The Morgan fingerprint density at radius 2 is 1.88 bits per heavy atom. The molecule has 0 saturated carbocycles. The van der Waals surface area contributed by atoms with Crippen LogP contribution in [0, 0.1) is 12.7 Å². The van der Waals surface area contributed by atoms with Crippen LogP contribution in [-0.2, 0) is 0 Å². The topological polar surface area (TPSA) is 43.8 Å². The van der Waals surface area contributed by atoms with Crippen molar-refractivity contribution < 1.29 is 4.39 Å². The van der Waals surface area contributed by atoms with E-state index in [0.29, 0.717) is 11.5 Å². The molecule has 1 aromatic carbocycles. The Kier molecular flexibility index (Phi) is 2.78. The number of nitrogen functional groups attached to an aromatic ring is 1. The van der Waals surface area contributed by atoms with Gasteiger partial charge in [-0.25, -0.2) is 9.07 Å². The minimum absolute atomic E-state index is 0.0470. The van der Waals surface area contributed by atoms with Gasteiger partial charge in [-0.15, -0.1) is 0 Å². The number of nitrogens with two attached hydrogens (primary N) is 1. The lowest BCUT2D eigenvalue weighted by molar-refractivity contribution is 0.628. The molecular weight excluding hydrogens is 252 g/mol. The Morgan fingerprint density at radius 3 is 2.31 bits per heavy atom. The van der Waals surface area contributed by atoms with Gasteiger partial charge < -0.3 is 5.73 Å². The fourth-order valence-corrected chi connectivity index (χ4v) is 1.76. The molecule has 0 saturated heterocycles. The van der Waals surface area contributed by atoms with Gasteiger partial charge in [0.05, 0.1) is 15.7 Å². The van der Waals surface area contributed by atoms with Crippen molar-refractivity contribution in [3.05, 3.63) is 39.8 Å². The summed E-state index contributed by atoms with van der Waals surface area (Å²) in [6.45, 7) is 1.82. The number of hydrogen-bond donors (Lipinski definition) is 1. The molecule has 1 aromatic heterocycles. The average molecular weight is 260 g/mol. The maximum atomic E-state index is 13.2. The predicted molar refractivity (Wildman–Crippen MR) is 62.7 cm³/mol. The number of anilines is 1. The van der Waals surface area contributed by atoms with Crippen molar-refractivity contribution in [3.63, 3.8) is 0 Å². The molecule has 0 amide bonds. The largest absolute Gasteiger partial charge is 0.382 e. The van der Waals surface area contributed by atoms with Gasteiger partial charge in [-0.1, -0.05) is 23.2 Å². The molecule has 2 N–H and O–H groups in total. The Balaban J connectivity index is 2.56. The summed E-state index contributed by atoms with van der Waals surface area (Å²) in [6.07, 6.45) is 1.72. The van der Waals surface area contributed by atoms with Gasteiger partial charge in [-0.05, 0) is 19.1 Å². The van der Waals surface area contributed by atoms with Gasteiger partial charge >= 0.3 is 0 Å². The normalized spacial score (nSPS) is 10.8. The fourth-order valence-electron chi connectivity index (χ4n) is 1.28. The maximum absolute atomic E-state index is 13.2. The van der Waals surface area contributed by atoms with Crippen molar-refractivity contribution >= 4 is 29.0 Å². The highest BCUT2D eigenvalue weighted by Gasteiger charge is 2.10. The molecular formula is C10H8Cl2FN3. The van der Waals surface area contributed by atoms with Crippen LogP contribution >= 0.6 is 23.2 Å². The first-order valence-electron chi connectivity index (χ1n) is 4.45. The number of aryl methyl sites for hydroxylation is 1. The molecule has 0 aliphatic rings. The summed E-state index contributed by atoms with van der Waals surface area (Å²) >= 11 is 11.4. The summed E-state index contributed by atoms with van der Waals surface area (Å²) in [6, 6.07) is 2.88. The van der Waals surface area contributed by atoms with E-state index in [9.17, 15) is 4.39 Å². The highest BCUT2D eigenvalue weighted by atomic mass is 35.5. The van der Waals surface area contributed by atoms with Crippen LogP contribution < -0.4 is 5.73 Å². The molecule has 0 aliphatic carbocycles. The first-order chi connectivity index (χ1) is 7.49. The van der Waals surface area contributed by atoms with E-state index in [2.05, 4.69) is 5.10 Å². The lowest BCUT2D eigenvalue weighted by Crippen LogP contribution is -1.97. The second-order valence-corrected chi connectivity index (χ2v) is 4.18.